The molecule has 14 heteroatoms. The van der Waals surface area contributed by atoms with Crippen molar-refractivity contribution in [2.75, 3.05) is 0 Å². The highest BCUT2D eigenvalue weighted by Crippen LogP contribution is 2.35. The minimum absolute atomic E-state index is 0.0243. The van der Waals surface area contributed by atoms with Gasteiger partial charge in [0.1, 0.15) is 23.8 Å². The fraction of sp³-hybridized carbons (Fsp3) is 0.294. The first-order chi connectivity index (χ1) is 14.5. The maximum atomic E-state index is 13.3. The minimum atomic E-state index is -3.58. The number of benzene rings is 1. The molecular formula is C17H12ClF4N3O6. The van der Waals surface area contributed by atoms with Crippen LogP contribution in [-0.2, 0) is 6.61 Å². The Morgan fingerprint density at radius 3 is 2.68 bits per heavy atom. The van der Waals surface area contributed by atoms with Crippen molar-refractivity contribution in [3.63, 3.8) is 0 Å². The summed E-state index contributed by atoms with van der Waals surface area (Å²) in [6.07, 6.45) is -8.05. The average Bonchev–Trinajstić information content (AvgIpc) is 3.32. The molecule has 3 rings (SSSR count). The normalized spacial score (nSPS) is 18.6. The maximum absolute atomic E-state index is 13.3. The van der Waals surface area contributed by atoms with Gasteiger partial charge in [0.2, 0.25) is 5.72 Å². The molecule has 0 saturated carbocycles. The van der Waals surface area contributed by atoms with Gasteiger partial charge in [-0.3, -0.25) is 14.9 Å². The molecule has 0 spiro atoms. The van der Waals surface area contributed by atoms with Crippen LogP contribution in [0.15, 0.2) is 39.9 Å². The van der Waals surface area contributed by atoms with Crippen LogP contribution in [0.3, 0.4) is 0 Å². The second kappa shape index (κ2) is 8.51. The Bertz CT molecular complexity index is 1050. The van der Waals surface area contributed by atoms with Gasteiger partial charge in [0, 0.05) is 12.5 Å². The third-order valence-electron chi connectivity index (χ3n) is 4.20. The van der Waals surface area contributed by atoms with Gasteiger partial charge in [-0.15, -0.1) is 0 Å². The number of alkyl halides is 4. The summed E-state index contributed by atoms with van der Waals surface area (Å²) in [6, 6.07) is 5.72. The number of hydrazone groups is 1. The van der Waals surface area contributed by atoms with Crippen LogP contribution >= 0.6 is 11.6 Å². The monoisotopic (exact) mass is 465 g/mol. The van der Waals surface area contributed by atoms with Gasteiger partial charge >= 0.3 is 5.91 Å². The molecule has 166 valence electrons. The number of ether oxygens (including phenoxy) is 1. The molecule has 1 aromatic heterocycles. The lowest BCUT2D eigenvalue weighted by molar-refractivity contribution is -0.384. The first-order valence-electron chi connectivity index (χ1n) is 8.39. The lowest BCUT2D eigenvalue weighted by Gasteiger charge is -2.29. The Morgan fingerprint density at radius 1 is 1.35 bits per heavy atom. The number of carbonyl (C=O) groups is 1. The summed E-state index contributed by atoms with van der Waals surface area (Å²) < 4.78 is 62.7. The van der Waals surface area contributed by atoms with Crippen molar-refractivity contribution in [3.05, 3.63) is 57.0 Å². The SMILES string of the molecule is O=C(c1ccc(COc2cc([N+](=O)[O-])ccc2Cl)o1)N1N=C(C(F)F)C[C@@]1(O)C(F)F. The molecule has 0 unspecified atom stereocenters. The predicted octanol–water partition coefficient (Wildman–Crippen LogP) is 3.84. The summed E-state index contributed by atoms with van der Waals surface area (Å²) in [6.45, 7) is -0.362. The van der Waals surface area contributed by atoms with E-state index in [1.165, 1.54) is 12.1 Å². The molecule has 2 aromatic rings. The van der Waals surface area contributed by atoms with E-state index in [9.17, 15) is 37.6 Å². The van der Waals surface area contributed by atoms with E-state index in [1.807, 2.05) is 0 Å². The van der Waals surface area contributed by atoms with Crippen molar-refractivity contribution in [3.8, 4) is 5.75 Å². The molecule has 2 heterocycles. The first-order valence-corrected chi connectivity index (χ1v) is 8.76. The number of hydrogen-bond acceptors (Lipinski definition) is 7. The Hall–Kier alpha value is -3.19. The van der Waals surface area contributed by atoms with Gasteiger partial charge in [0.25, 0.3) is 18.5 Å². The van der Waals surface area contributed by atoms with Crippen LogP contribution < -0.4 is 4.74 Å². The number of aliphatic hydroxyl groups is 1. The van der Waals surface area contributed by atoms with E-state index in [0.717, 1.165) is 18.2 Å². The highest BCUT2D eigenvalue weighted by atomic mass is 35.5. The van der Waals surface area contributed by atoms with Crippen molar-refractivity contribution in [2.45, 2.75) is 31.6 Å². The van der Waals surface area contributed by atoms with E-state index in [2.05, 4.69) is 5.10 Å². The Labute approximate surface area is 175 Å². The predicted molar refractivity (Wildman–Crippen MR) is 96.3 cm³/mol. The Balaban J connectivity index is 1.77. The van der Waals surface area contributed by atoms with Gasteiger partial charge < -0.3 is 14.3 Å². The number of hydrogen-bond donors (Lipinski definition) is 1. The Morgan fingerprint density at radius 2 is 2.06 bits per heavy atom. The summed E-state index contributed by atoms with van der Waals surface area (Å²) in [4.78, 5) is 22.6. The fourth-order valence-electron chi connectivity index (χ4n) is 2.64. The van der Waals surface area contributed by atoms with Gasteiger partial charge in [-0.05, 0) is 18.2 Å². The second-order valence-electron chi connectivity index (χ2n) is 6.29. The topological polar surface area (TPSA) is 118 Å². The molecule has 0 saturated heterocycles. The van der Waals surface area contributed by atoms with Crippen LogP contribution in [0.2, 0.25) is 5.02 Å². The van der Waals surface area contributed by atoms with Crippen molar-refractivity contribution < 1.29 is 41.5 Å². The maximum Gasteiger partial charge on any atom is 0.312 e. The molecule has 1 aromatic carbocycles. The minimum Gasteiger partial charge on any atom is -0.484 e. The number of non-ortho nitro benzene ring substituents is 1. The summed E-state index contributed by atoms with van der Waals surface area (Å²) in [5.41, 5.74) is -4.61. The summed E-state index contributed by atoms with van der Waals surface area (Å²) in [5, 5.41) is 23.9. The lowest BCUT2D eigenvalue weighted by atomic mass is 10.1. The molecule has 31 heavy (non-hydrogen) atoms. The highest BCUT2D eigenvalue weighted by Gasteiger charge is 2.54. The number of furan rings is 1. The molecule has 1 aliphatic heterocycles. The standard InChI is InChI=1S/C17H12ClF4N3O6/c18-10-3-1-8(25(28)29)5-13(10)30-7-9-2-4-12(31-9)15(26)24-17(27,16(21)22)6-11(23-24)14(19)20/h1-5,14,16,27H,6-7H2/t17-/m1/s1. The molecule has 0 bridgehead atoms. The third-order valence-corrected chi connectivity index (χ3v) is 4.51. The van der Waals surface area contributed by atoms with E-state index in [0.29, 0.717) is 0 Å². The van der Waals surface area contributed by atoms with Crippen molar-refractivity contribution in [1.82, 2.24) is 5.01 Å². The van der Waals surface area contributed by atoms with E-state index in [-0.39, 0.29) is 33.8 Å². The highest BCUT2D eigenvalue weighted by molar-refractivity contribution is 6.32. The molecule has 0 aliphatic carbocycles. The van der Waals surface area contributed by atoms with E-state index >= 15 is 0 Å². The largest absolute Gasteiger partial charge is 0.484 e. The van der Waals surface area contributed by atoms with Gasteiger partial charge in [-0.1, -0.05) is 11.6 Å². The number of carbonyl (C=O) groups excluding carboxylic acids is 1. The van der Waals surface area contributed by atoms with Crippen molar-refractivity contribution in [1.29, 1.82) is 0 Å². The number of nitrogens with zero attached hydrogens (tertiary/aromatic N) is 3. The van der Waals surface area contributed by atoms with E-state index in [1.54, 1.807) is 0 Å². The molecule has 1 aliphatic rings. The van der Waals surface area contributed by atoms with Gasteiger partial charge in [0.15, 0.2) is 5.76 Å². The quantitative estimate of drug-likeness (QED) is 0.377. The lowest BCUT2D eigenvalue weighted by Crippen LogP contribution is -2.51. The molecule has 9 nitrogen and oxygen atoms in total. The van der Waals surface area contributed by atoms with E-state index in [4.69, 9.17) is 20.8 Å². The molecular weight excluding hydrogens is 454 g/mol. The van der Waals surface area contributed by atoms with Crippen LogP contribution in [0.4, 0.5) is 23.2 Å². The fourth-order valence-corrected chi connectivity index (χ4v) is 2.82. The summed E-state index contributed by atoms with van der Waals surface area (Å²) >= 11 is 5.90. The van der Waals surface area contributed by atoms with Gasteiger partial charge in [-0.2, -0.15) is 10.1 Å². The van der Waals surface area contributed by atoms with Gasteiger partial charge in [0.05, 0.1) is 16.0 Å². The number of rotatable bonds is 7. The first kappa shape index (κ1) is 22.5. The number of amides is 1. The summed E-state index contributed by atoms with van der Waals surface area (Å²) in [5.74, 6) is -2.04. The number of nitro groups is 1. The van der Waals surface area contributed by atoms with Crippen LogP contribution in [0, 0.1) is 10.1 Å². The van der Waals surface area contributed by atoms with E-state index < -0.39 is 47.3 Å². The number of nitro benzene ring substituents is 1. The van der Waals surface area contributed by atoms with Crippen LogP contribution in [0.5, 0.6) is 5.75 Å². The van der Waals surface area contributed by atoms with Crippen LogP contribution in [0.1, 0.15) is 22.7 Å². The molecule has 1 atom stereocenters. The second-order valence-corrected chi connectivity index (χ2v) is 6.70. The number of halogens is 5. The smallest absolute Gasteiger partial charge is 0.312 e. The molecule has 0 radical (unpaired) electrons. The Kier molecular flexibility index (Phi) is 6.18. The zero-order valence-corrected chi connectivity index (χ0v) is 15.9. The van der Waals surface area contributed by atoms with Crippen LogP contribution in [-0.4, -0.2) is 45.2 Å². The summed E-state index contributed by atoms with van der Waals surface area (Å²) in [7, 11) is 0. The zero-order chi connectivity index (χ0) is 22.9. The van der Waals surface area contributed by atoms with Crippen molar-refractivity contribution in [2.24, 2.45) is 5.10 Å². The van der Waals surface area contributed by atoms with Crippen LogP contribution in [0.25, 0.3) is 0 Å². The average molecular weight is 466 g/mol. The molecule has 1 N–H and O–H groups in total. The zero-order valence-electron chi connectivity index (χ0n) is 15.2. The van der Waals surface area contributed by atoms with Crippen molar-refractivity contribution >= 4 is 28.9 Å². The molecule has 0 fully saturated rings. The third kappa shape index (κ3) is 4.46. The molecule has 1 amide bonds. The van der Waals surface area contributed by atoms with Gasteiger partial charge in [-0.25, -0.2) is 17.6 Å².